The standard InChI is InChI=1S/C16H27N5OS/c22-16(17-8-10-23-15-11-18-20-19-15)13-5-4-9-21(12-13)14-6-2-1-3-7-14/h11,13-14H,1-10,12H2,(H,17,22)(H,18,19,20)/t13-/m1/s1. The van der Waals surface area contributed by atoms with Crippen LogP contribution in [0.5, 0.6) is 0 Å². The van der Waals surface area contributed by atoms with E-state index in [1.165, 1.54) is 38.6 Å². The highest BCUT2D eigenvalue weighted by molar-refractivity contribution is 7.99. The first-order valence-electron chi connectivity index (χ1n) is 8.83. The van der Waals surface area contributed by atoms with E-state index in [1.54, 1.807) is 18.0 Å². The summed E-state index contributed by atoms with van der Waals surface area (Å²) in [5.41, 5.74) is 0. The number of amides is 1. The number of piperidine rings is 1. The molecule has 2 N–H and O–H groups in total. The summed E-state index contributed by atoms with van der Waals surface area (Å²) in [6.45, 7) is 2.82. The Bertz CT molecular complexity index is 475. The topological polar surface area (TPSA) is 73.9 Å². The van der Waals surface area contributed by atoms with Gasteiger partial charge in [-0.15, -0.1) is 16.9 Å². The quantitative estimate of drug-likeness (QED) is 0.614. The van der Waals surface area contributed by atoms with Gasteiger partial charge in [-0.1, -0.05) is 19.3 Å². The van der Waals surface area contributed by atoms with Gasteiger partial charge in [-0.25, -0.2) is 0 Å². The van der Waals surface area contributed by atoms with E-state index in [9.17, 15) is 4.79 Å². The minimum atomic E-state index is 0.169. The maximum Gasteiger partial charge on any atom is 0.224 e. The van der Waals surface area contributed by atoms with Crippen molar-refractivity contribution in [2.75, 3.05) is 25.4 Å². The van der Waals surface area contributed by atoms with E-state index in [2.05, 4.69) is 25.6 Å². The van der Waals surface area contributed by atoms with Crippen molar-refractivity contribution in [2.24, 2.45) is 5.92 Å². The van der Waals surface area contributed by atoms with E-state index in [0.29, 0.717) is 6.54 Å². The van der Waals surface area contributed by atoms with Crippen LogP contribution in [-0.2, 0) is 4.79 Å². The van der Waals surface area contributed by atoms with Crippen molar-refractivity contribution >= 4 is 17.7 Å². The smallest absolute Gasteiger partial charge is 0.224 e. The third kappa shape index (κ3) is 4.94. The molecule has 0 radical (unpaired) electrons. The van der Waals surface area contributed by atoms with Crippen molar-refractivity contribution in [3.8, 4) is 0 Å². The lowest BCUT2D eigenvalue weighted by molar-refractivity contribution is -0.127. The summed E-state index contributed by atoms with van der Waals surface area (Å²) in [5, 5.41) is 14.3. The fraction of sp³-hybridized carbons (Fsp3) is 0.812. The van der Waals surface area contributed by atoms with E-state index in [4.69, 9.17) is 0 Å². The number of likely N-dealkylation sites (tertiary alicyclic amines) is 1. The normalized spacial score (nSPS) is 23.7. The number of thioether (sulfide) groups is 1. The molecule has 2 aliphatic rings. The Hall–Kier alpha value is -1.08. The second-order valence-corrected chi connectivity index (χ2v) is 7.69. The Morgan fingerprint density at radius 3 is 2.96 bits per heavy atom. The number of carbonyl (C=O) groups excluding carboxylic acids is 1. The van der Waals surface area contributed by atoms with Crippen LogP contribution in [0.3, 0.4) is 0 Å². The lowest BCUT2D eigenvalue weighted by atomic mass is 9.90. The fourth-order valence-corrected chi connectivity index (χ4v) is 4.38. The highest BCUT2D eigenvalue weighted by Gasteiger charge is 2.30. The molecule has 1 aromatic rings. The van der Waals surface area contributed by atoms with Crippen LogP contribution in [0.25, 0.3) is 0 Å². The molecule has 0 unspecified atom stereocenters. The van der Waals surface area contributed by atoms with Crippen LogP contribution in [0.2, 0.25) is 0 Å². The molecule has 2 heterocycles. The van der Waals surface area contributed by atoms with Gasteiger partial charge in [0, 0.05) is 24.9 Å². The molecule has 128 valence electrons. The lowest BCUT2D eigenvalue weighted by Gasteiger charge is -2.39. The molecule has 3 rings (SSSR count). The molecule has 1 aliphatic heterocycles. The fourth-order valence-electron chi connectivity index (χ4n) is 3.73. The molecule has 1 atom stereocenters. The van der Waals surface area contributed by atoms with Crippen molar-refractivity contribution in [2.45, 2.75) is 56.0 Å². The van der Waals surface area contributed by atoms with Gasteiger partial charge in [0.1, 0.15) is 5.03 Å². The van der Waals surface area contributed by atoms with Crippen molar-refractivity contribution in [3.05, 3.63) is 6.20 Å². The molecular formula is C16H27N5OS. The van der Waals surface area contributed by atoms with Gasteiger partial charge in [-0.2, -0.15) is 10.3 Å². The first-order chi connectivity index (χ1) is 11.3. The van der Waals surface area contributed by atoms with E-state index in [-0.39, 0.29) is 11.8 Å². The summed E-state index contributed by atoms with van der Waals surface area (Å²) >= 11 is 1.61. The van der Waals surface area contributed by atoms with Crippen molar-refractivity contribution < 1.29 is 4.79 Å². The molecule has 7 heteroatoms. The van der Waals surface area contributed by atoms with Crippen LogP contribution in [0.1, 0.15) is 44.9 Å². The molecule has 2 fully saturated rings. The van der Waals surface area contributed by atoms with Crippen LogP contribution in [0.15, 0.2) is 11.2 Å². The van der Waals surface area contributed by atoms with Gasteiger partial charge in [-0.05, 0) is 32.2 Å². The second-order valence-electron chi connectivity index (χ2n) is 6.57. The monoisotopic (exact) mass is 337 g/mol. The maximum absolute atomic E-state index is 12.4. The summed E-state index contributed by atoms with van der Waals surface area (Å²) in [6.07, 6.45) is 10.6. The summed E-state index contributed by atoms with van der Waals surface area (Å²) in [4.78, 5) is 15.0. The molecule has 23 heavy (non-hydrogen) atoms. The molecule has 1 aliphatic carbocycles. The largest absolute Gasteiger partial charge is 0.355 e. The number of nitrogens with one attached hydrogen (secondary N) is 2. The highest BCUT2D eigenvalue weighted by Crippen LogP contribution is 2.27. The number of nitrogens with zero attached hydrogens (tertiary/aromatic N) is 3. The zero-order valence-corrected chi connectivity index (χ0v) is 14.5. The number of carbonyl (C=O) groups is 1. The second kappa shape index (κ2) is 8.68. The molecule has 0 spiro atoms. The third-order valence-electron chi connectivity index (χ3n) is 4.96. The summed E-state index contributed by atoms with van der Waals surface area (Å²) in [7, 11) is 0. The predicted molar refractivity (Wildman–Crippen MR) is 91.3 cm³/mol. The van der Waals surface area contributed by atoms with E-state index in [1.807, 2.05) is 0 Å². The van der Waals surface area contributed by atoms with Crippen LogP contribution < -0.4 is 5.32 Å². The number of aromatic amines is 1. The maximum atomic E-state index is 12.4. The Morgan fingerprint density at radius 1 is 1.30 bits per heavy atom. The first kappa shape index (κ1) is 16.8. The van der Waals surface area contributed by atoms with Gasteiger partial charge in [0.05, 0.1) is 12.1 Å². The molecule has 6 nitrogen and oxygen atoms in total. The van der Waals surface area contributed by atoms with E-state index < -0.39 is 0 Å². The zero-order valence-electron chi connectivity index (χ0n) is 13.7. The molecular weight excluding hydrogens is 310 g/mol. The average Bonchev–Trinajstić information content (AvgIpc) is 3.13. The van der Waals surface area contributed by atoms with E-state index in [0.717, 1.165) is 36.2 Å². The molecule has 0 aromatic carbocycles. The number of aromatic nitrogens is 3. The van der Waals surface area contributed by atoms with Crippen molar-refractivity contribution in [1.29, 1.82) is 0 Å². The number of H-pyrrole nitrogens is 1. The lowest BCUT2D eigenvalue weighted by Crippen LogP contribution is -2.47. The van der Waals surface area contributed by atoms with Crippen LogP contribution >= 0.6 is 11.8 Å². The Kier molecular flexibility index (Phi) is 6.33. The average molecular weight is 337 g/mol. The van der Waals surface area contributed by atoms with Gasteiger partial charge >= 0.3 is 0 Å². The van der Waals surface area contributed by atoms with Gasteiger partial charge in [-0.3, -0.25) is 9.69 Å². The summed E-state index contributed by atoms with van der Waals surface area (Å²) < 4.78 is 0. The van der Waals surface area contributed by atoms with Crippen LogP contribution in [0, 0.1) is 5.92 Å². The number of hydrogen-bond acceptors (Lipinski definition) is 5. The minimum absolute atomic E-state index is 0.169. The van der Waals surface area contributed by atoms with Gasteiger partial charge in [0.15, 0.2) is 0 Å². The van der Waals surface area contributed by atoms with E-state index >= 15 is 0 Å². The summed E-state index contributed by atoms with van der Waals surface area (Å²) in [6, 6.07) is 0.724. The first-order valence-corrected chi connectivity index (χ1v) is 9.82. The van der Waals surface area contributed by atoms with Crippen molar-refractivity contribution in [1.82, 2.24) is 25.6 Å². The third-order valence-corrected chi connectivity index (χ3v) is 5.86. The zero-order chi connectivity index (χ0) is 15.9. The molecule has 1 amide bonds. The van der Waals surface area contributed by atoms with Gasteiger partial charge in [0.25, 0.3) is 0 Å². The van der Waals surface area contributed by atoms with Gasteiger partial charge < -0.3 is 5.32 Å². The minimum Gasteiger partial charge on any atom is -0.355 e. The highest BCUT2D eigenvalue weighted by atomic mass is 32.2. The molecule has 1 saturated heterocycles. The Labute approximate surface area is 142 Å². The molecule has 0 bridgehead atoms. The SMILES string of the molecule is O=C(NCCSc1cn[nH]n1)[C@@H]1CCCN(C2CCCCC2)C1. The summed E-state index contributed by atoms with van der Waals surface area (Å²) in [5.74, 6) is 1.23. The van der Waals surface area contributed by atoms with Gasteiger partial charge in [0.2, 0.25) is 5.91 Å². The van der Waals surface area contributed by atoms with Crippen LogP contribution in [-0.4, -0.2) is 57.6 Å². The molecule has 1 saturated carbocycles. The van der Waals surface area contributed by atoms with Crippen LogP contribution in [0.4, 0.5) is 0 Å². The van der Waals surface area contributed by atoms with Crippen molar-refractivity contribution in [3.63, 3.8) is 0 Å². The predicted octanol–water partition coefficient (Wildman–Crippen LogP) is 2.06. The Balaban J connectivity index is 1.38. The molecule has 1 aromatic heterocycles. The number of hydrogen-bond donors (Lipinski definition) is 2. The number of rotatable bonds is 6. The Morgan fingerprint density at radius 2 is 2.17 bits per heavy atom.